The first-order valence-electron chi connectivity index (χ1n) is 10.8. The SMILES string of the molecule is CCOC(=O)C1CCC(n2cnc3cnc4c(ccn4S(=O)(=O)c4ccccc4)c32)CC1. The minimum absolute atomic E-state index is 0.0558. The molecule has 0 spiro atoms. The number of pyridine rings is 1. The van der Waals surface area contributed by atoms with Crippen LogP contribution in [-0.4, -0.2) is 39.5 Å². The summed E-state index contributed by atoms with van der Waals surface area (Å²) in [4.78, 5) is 21.2. The average molecular weight is 453 g/mol. The lowest BCUT2D eigenvalue weighted by Gasteiger charge is -2.28. The second-order valence-corrected chi connectivity index (χ2v) is 9.88. The Morgan fingerprint density at radius 3 is 2.56 bits per heavy atom. The Morgan fingerprint density at radius 2 is 1.84 bits per heavy atom. The standard InChI is InChI=1S/C23H24N4O4S/c1-2-31-23(28)16-8-10-17(11-9-16)26-15-25-20-14-24-22-19(21(20)26)12-13-27(22)32(29,30)18-6-4-3-5-7-18/h3-7,12-17H,2,8-11H2,1H3. The van der Waals surface area contributed by atoms with Crippen LogP contribution in [-0.2, 0) is 19.6 Å². The molecule has 0 bridgehead atoms. The van der Waals surface area contributed by atoms with Crippen molar-refractivity contribution >= 4 is 38.1 Å². The molecule has 3 heterocycles. The van der Waals surface area contributed by atoms with Crippen molar-refractivity contribution in [2.75, 3.05) is 6.61 Å². The molecular formula is C23H24N4O4S. The summed E-state index contributed by atoms with van der Waals surface area (Å²) >= 11 is 0. The second kappa shape index (κ2) is 8.05. The van der Waals surface area contributed by atoms with Crippen molar-refractivity contribution < 1.29 is 17.9 Å². The molecule has 1 saturated carbocycles. The van der Waals surface area contributed by atoms with Gasteiger partial charge in [0.05, 0.1) is 35.5 Å². The van der Waals surface area contributed by atoms with Crippen molar-refractivity contribution in [1.29, 1.82) is 0 Å². The Morgan fingerprint density at radius 1 is 1.09 bits per heavy atom. The third-order valence-corrected chi connectivity index (χ3v) is 7.90. The number of ether oxygens (including phenoxy) is 1. The van der Waals surface area contributed by atoms with E-state index < -0.39 is 10.0 Å². The van der Waals surface area contributed by atoms with Gasteiger partial charge in [-0.15, -0.1) is 0 Å². The van der Waals surface area contributed by atoms with E-state index in [0.29, 0.717) is 12.3 Å². The maximum absolute atomic E-state index is 13.2. The van der Waals surface area contributed by atoms with Crippen LogP contribution in [0.25, 0.3) is 22.1 Å². The molecule has 1 aromatic carbocycles. The number of rotatable bonds is 5. The number of aromatic nitrogens is 4. The van der Waals surface area contributed by atoms with Gasteiger partial charge < -0.3 is 9.30 Å². The summed E-state index contributed by atoms with van der Waals surface area (Å²) in [7, 11) is -3.76. The molecule has 0 aliphatic heterocycles. The highest BCUT2D eigenvalue weighted by Gasteiger charge is 2.29. The fourth-order valence-corrected chi connectivity index (χ4v) is 5.94. The third kappa shape index (κ3) is 3.37. The molecule has 0 saturated heterocycles. The molecule has 1 aliphatic rings. The zero-order chi connectivity index (χ0) is 22.3. The summed E-state index contributed by atoms with van der Waals surface area (Å²) in [5.74, 6) is -0.170. The lowest BCUT2D eigenvalue weighted by Crippen LogP contribution is -2.25. The van der Waals surface area contributed by atoms with E-state index in [1.165, 1.54) is 3.97 Å². The van der Waals surface area contributed by atoms with E-state index in [-0.39, 0.29) is 22.8 Å². The van der Waals surface area contributed by atoms with Gasteiger partial charge in [-0.2, -0.15) is 0 Å². The predicted molar refractivity (Wildman–Crippen MR) is 120 cm³/mol. The summed E-state index contributed by atoms with van der Waals surface area (Å²) in [6.45, 7) is 2.23. The summed E-state index contributed by atoms with van der Waals surface area (Å²) < 4.78 is 34.9. The molecule has 1 aliphatic carbocycles. The number of carbonyl (C=O) groups is 1. The fourth-order valence-electron chi connectivity index (χ4n) is 4.61. The van der Waals surface area contributed by atoms with Crippen LogP contribution in [0.15, 0.2) is 60.0 Å². The maximum atomic E-state index is 13.2. The van der Waals surface area contributed by atoms with E-state index >= 15 is 0 Å². The highest BCUT2D eigenvalue weighted by molar-refractivity contribution is 7.90. The van der Waals surface area contributed by atoms with Gasteiger partial charge in [0.15, 0.2) is 5.65 Å². The quantitative estimate of drug-likeness (QED) is 0.426. The summed E-state index contributed by atoms with van der Waals surface area (Å²) in [5, 5.41) is 0.743. The van der Waals surface area contributed by atoms with Crippen LogP contribution in [0.1, 0.15) is 38.6 Å². The summed E-state index contributed by atoms with van der Waals surface area (Å²) in [5.41, 5.74) is 1.97. The number of carbonyl (C=O) groups excluding carboxylic acids is 1. The number of imidazole rings is 1. The Labute approximate surface area is 185 Å². The van der Waals surface area contributed by atoms with Crippen LogP contribution in [0.2, 0.25) is 0 Å². The first kappa shape index (κ1) is 20.7. The molecule has 9 heteroatoms. The van der Waals surface area contributed by atoms with Gasteiger partial charge in [0.25, 0.3) is 10.0 Å². The number of esters is 1. The van der Waals surface area contributed by atoms with E-state index in [9.17, 15) is 13.2 Å². The summed E-state index contributed by atoms with van der Waals surface area (Å²) in [6, 6.07) is 10.3. The Bertz CT molecular complexity index is 1380. The van der Waals surface area contributed by atoms with Crippen LogP contribution in [0.5, 0.6) is 0 Å². The monoisotopic (exact) mass is 452 g/mol. The molecule has 32 heavy (non-hydrogen) atoms. The minimum atomic E-state index is -3.76. The number of benzene rings is 1. The molecule has 0 radical (unpaired) electrons. The van der Waals surface area contributed by atoms with Gasteiger partial charge in [0.1, 0.15) is 5.52 Å². The Kier molecular flexibility index (Phi) is 5.21. The highest BCUT2D eigenvalue weighted by atomic mass is 32.2. The smallest absolute Gasteiger partial charge is 0.308 e. The molecule has 5 rings (SSSR count). The van der Waals surface area contributed by atoms with Gasteiger partial charge in [0.2, 0.25) is 0 Å². The normalized spacial score (nSPS) is 19.4. The largest absolute Gasteiger partial charge is 0.466 e. The predicted octanol–water partition coefficient (Wildman–Crippen LogP) is 3.92. The van der Waals surface area contributed by atoms with E-state index in [2.05, 4.69) is 14.5 Å². The van der Waals surface area contributed by atoms with E-state index in [0.717, 1.165) is 42.1 Å². The summed E-state index contributed by atoms with van der Waals surface area (Å²) in [6.07, 6.45) is 8.17. The van der Waals surface area contributed by atoms with Gasteiger partial charge in [-0.3, -0.25) is 4.79 Å². The minimum Gasteiger partial charge on any atom is -0.466 e. The van der Waals surface area contributed by atoms with Crippen molar-refractivity contribution in [2.45, 2.75) is 43.5 Å². The molecule has 4 aromatic rings. The lowest BCUT2D eigenvalue weighted by molar-refractivity contribution is -0.149. The van der Waals surface area contributed by atoms with Crippen LogP contribution in [0.4, 0.5) is 0 Å². The Balaban J connectivity index is 1.52. The van der Waals surface area contributed by atoms with Gasteiger partial charge in [-0.25, -0.2) is 22.4 Å². The fraction of sp³-hybridized carbons (Fsp3) is 0.348. The zero-order valence-corrected chi connectivity index (χ0v) is 18.5. The van der Waals surface area contributed by atoms with E-state index in [4.69, 9.17) is 4.74 Å². The maximum Gasteiger partial charge on any atom is 0.308 e. The van der Waals surface area contributed by atoms with Crippen molar-refractivity contribution in [1.82, 2.24) is 18.5 Å². The molecule has 0 unspecified atom stereocenters. The molecule has 0 amide bonds. The molecule has 166 valence electrons. The lowest BCUT2D eigenvalue weighted by atomic mass is 9.86. The van der Waals surface area contributed by atoms with Gasteiger partial charge >= 0.3 is 5.97 Å². The first-order chi connectivity index (χ1) is 15.5. The van der Waals surface area contributed by atoms with Crippen molar-refractivity contribution in [3.63, 3.8) is 0 Å². The van der Waals surface area contributed by atoms with E-state index in [1.54, 1.807) is 55.1 Å². The topological polar surface area (TPSA) is 96.1 Å². The van der Waals surface area contributed by atoms with Crippen LogP contribution < -0.4 is 0 Å². The molecule has 3 aromatic heterocycles. The molecule has 1 fully saturated rings. The number of nitrogens with zero attached hydrogens (tertiary/aromatic N) is 4. The van der Waals surface area contributed by atoms with Crippen molar-refractivity contribution in [2.24, 2.45) is 5.92 Å². The van der Waals surface area contributed by atoms with Gasteiger partial charge in [0, 0.05) is 17.6 Å². The van der Waals surface area contributed by atoms with Crippen molar-refractivity contribution in [3.8, 4) is 0 Å². The molecule has 0 N–H and O–H groups in total. The number of hydrogen-bond donors (Lipinski definition) is 0. The first-order valence-corrected chi connectivity index (χ1v) is 12.2. The van der Waals surface area contributed by atoms with Crippen LogP contribution in [0, 0.1) is 5.92 Å². The second-order valence-electron chi connectivity index (χ2n) is 8.07. The van der Waals surface area contributed by atoms with Gasteiger partial charge in [-0.05, 0) is 50.8 Å². The van der Waals surface area contributed by atoms with E-state index in [1.807, 2.05) is 6.92 Å². The third-order valence-electron chi connectivity index (χ3n) is 6.22. The van der Waals surface area contributed by atoms with Crippen molar-refractivity contribution in [3.05, 3.63) is 55.1 Å². The van der Waals surface area contributed by atoms with Gasteiger partial charge in [-0.1, -0.05) is 18.2 Å². The Hall–Kier alpha value is -3.20. The molecule has 0 atom stereocenters. The average Bonchev–Trinajstić information content (AvgIpc) is 3.44. The number of fused-ring (bicyclic) bond motifs is 3. The highest BCUT2D eigenvalue weighted by Crippen LogP contribution is 2.36. The molecular weight excluding hydrogens is 428 g/mol. The molecule has 8 nitrogen and oxygen atoms in total. The zero-order valence-electron chi connectivity index (χ0n) is 17.7. The van der Waals surface area contributed by atoms with Crippen LogP contribution in [0.3, 0.4) is 0 Å². The van der Waals surface area contributed by atoms with Crippen LogP contribution >= 0.6 is 0 Å². The number of hydrogen-bond acceptors (Lipinski definition) is 6.